The number of aromatic nitrogens is 2. The van der Waals surface area contributed by atoms with Gasteiger partial charge in [0, 0.05) is 63.1 Å². The first-order valence-corrected chi connectivity index (χ1v) is 9.86. The Balaban J connectivity index is 1.30. The lowest BCUT2D eigenvalue weighted by atomic mass is 10.1. The van der Waals surface area contributed by atoms with E-state index in [1.807, 2.05) is 35.2 Å². The van der Waals surface area contributed by atoms with Gasteiger partial charge in [0.05, 0.1) is 0 Å². The van der Waals surface area contributed by atoms with Crippen molar-refractivity contribution in [3.8, 4) is 0 Å². The van der Waals surface area contributed by atoms with Crippen molar-refractivity contribution >= 4 is 17.4 Å². The number of rotatable bonds is 5. The molecule has 1 amide bonds. The molecule has 2 saturated heterocycles. The van der Waals surface area contributed by atoms with E-state index in [0.29, 0.717) is 12.3 Å². The molecule has 1 atom stereocenters. The fourth-order valence-electron chi connectivity index (χ4n) is 4.04. The predicted molar refractivity (Wildman–Crippen MR) is 107 cm³/mol. The van der Waals surface area contributed by atoms with E-state index in [1.165, 1.54) is 0 Å². The molecule has 2 aromatic rings. The van der Waals surface area contributed by atoms with E-state index in [0.717, 1.165) is 62.9 Å². The van der Waals surface area contributed by atoms with Gasteiger partial charge in [0.1, 0.15) is 12.1 Å². The summed E-state index contributed by atoms with van der Waals surface area (Å²) < 4.78 is 0. The summed E-state index contributed by atoms with van der Waals surface area (Å²) >= 11 is 0. The number of carbonyl (C=O) groups excluding carboxylic acids is 1. The SMILES string of the molecule is CCc1cc(N2CCN(CC3CC(=O)N(c4ccccc4)C3)CC2)ncn1. The quantitative estimate of drug-likeness (QED) is 0.813. The molecule has 3 heterocycles. The number of amides is 1. The number of piperazine rings is 1. The van der Waals surface area contributed by atoms with Gasteiger partial charge in [-0.05, 0) is 24.5 Å². The Bertz CT molecular complexity index is 773. The smallest absolute Gasteiger partial charge is 0.227 e. The van der Waals surface area contributed by atoms with Crippen LogP contribution in [0.5, 0.6) is 0 Å². The lowest BCUT2D eigenvalue weighted by Gasteiger charge is -2.36. The summed E-state index contributed by atoms with van der Waals surface area (Å²) in [5.41, 5.74) is 2.11. The van der Waals surface area contributed by atoms with Gasteiger partial charge in [-0.15, -0.1) is 0 Å². The number of hydrogen-bond donors (Lipinski definition) is 0. The normalized spacial score (nSPS) is 21.1. The maximum Gasteiger partial charge on any atom is 0.227 e. The molecule has 1 unspecified atom stereocenters. The average Bonchev–Trinajstić information content (AvgIpc) is 3.09. The summed E-state index contributed by atoms with van der Waals surface area (Å²) in [6.45, 7) is 7.92. The number of benzene rings is 1. The van der Waals surface area contributed by atoms with Gasteiger partial charge in [0.15, 0.2) is 0 Å². The minimum absolute atomic E-state index is 0.248. The first-order valence-electron chi connectivity index (χ1n) is 9.86. The first-order chi connectivity index (χ1) is 13.2. The highest BCUT2D eigenvalue weighted by molar-refractivity contribution is 5.95. The third-order valence-electron chi connectivity index (χ3n) is 5.56. The summed E-state index contributed by atoms with van der Waals surface area (Å²) in [7, 11) is 0. The second-order valence-electron chi connectivity index (χ2n) is 7.42. The third-order valence-corrected chi connectivity index (χ3v) is 5.56. The Labute approximate surface area is 160 Å². The Morgan fingerprint density at radius 2 is 1.85 bits per heavy atom. The van der Waals surface area contributed by atoms with Crippen molar-refractivity contribution < 1.29 is 4.79 Å². The fourth-order valence-corrected chi connectivity index (χ4v) is 4.04. The molecule has 1 aromatic heterocycles. The Morgan fingerprint density at radius 1 is 1.07 bits per heavy atom. The van der Waals surface area contributed by atoms with E-state index < -0.39 is 0 Å². The largest absolute Gasteiger partial charge is 0.354 e. The summed E-state index contributed by atoms with van der Waals surface area (Å²) in [6.07, 6.45) is 3.26. The van der Waals surface area contributed by atoms with Gasteiger partial charge in [-0.2, -0.15) is 0 Å². The van der Waals surface area contributed by atoms with Gasteiger partial charge in [-0.25, -0.2) is 9.97 Å². The molecule has 142 valence electrons. The van der Waals surface area contributed by atoms with Crippen molar-refractivity contribution in [2.24, 2.45) is 5.92 Å². The van der Waals surface area contributed by atoms with E-state index in [2.05, 4.69) is 32.8 Å². The molecule has 27 heavy (non-hydrogen) atoms. The number of para-hydroxylation sites is 1. The van der Waals surface area contributed by atoms with Gasteiger partial charge in [-0.1, -0.05) is 25.1 Å². The molecule has 1 aromatic carbocycles. The molecule has 4 rings (SSSR count). The zero-order chi connectivity index (χ0) is 18.6. The second-order valence-corrected chi connectivity index (χ2v) is 7.42. The van der Waals surface area contributed by atoms with E-state index in [-0.39, 0.29) is 5.91 Å². The molecular formula is C21H27N5O. The van der Waals surface area contributed by atoms with Crippen LogP contribution in [0.1, 0.15) is 19.0 Å². The van der Waals surface area contributed by atoms with Crippen molar-refractivity contribution in [1.82, 2.24) is 14.9 Å². The summed E-state index contributed by atoms with van der Waals surface area (Å²) in [5, 5.41) is 0. The van der Waals surface area contributed by atoms with Crippen LogP contribution < -0.4 is 9.80 Å². The molecular weight excluding hydrogens is 338 g/mol. The lowest BCUT2D eigenvalue weighted by molar-refractivity contribution is -0.117. The monoisotopic (exact) mass is 365 g/mol. The van der Waals surface area contributed by atoms with Gasteiger partial charge in [0.2, 0.25) is 5.91 Å². The molecule has 6 heteroatoms. The summed E-state index contributed by atoms with van der Waals surface area (Å²) in [5.74, 6) is 1.70. The van der Waals surface area contributed by atoms with Crippen LogP contribution in [0.25, 0.3) is 0 Å². The standard InChI is InChI=1S/C21H27N5O/c1-2-18-13-20(23-16-22-18)25-10-8-24(9-11-25)14-17-12-21(27)26(15-17)19-6-4-3-5-7-19/h3-7,13,16-17H,2,8-12,14-15H2,1H3. The molecule has 0 radical (unpaired) electrons. The van der Waals surface area contributed by atoms with E-state index in [9.17, 15) is 4.79 Å². The molecule has 6 nitrogen and oxygen atoms in total. The summed E-state index contributed by atoms with van der Waals surface area (Å²) in [4.78, 5) is 27.9. The van der Waals surface area contributed by atoms with Crippen LogP contribution in [0.2, 0.25) is 0 Å². The minimum atomic E-state index is 0.248. The van der Waals surface area contributed by atoms with Crippen LogP contribution in [0.15, 0.2) is 42.7 Å². The average molecular weight is 365 g/mol. The number of hydrogen-bond acceptors (Lipinski definition) is 5. The molecule has 0 aliphatic carbocycles. The van der Waals surface area contributed by atoms with Crippen molar-refractivity contribution in [3.63, 3.8) is 0 Å². The van der Waals surface area contributed by atoms with Crippen molar-refractivity contribution in [3.05, 3.63) is 48.4 Å². The number of carbonyl (C=O) groups is 1. The molecule has 0 bridgehead atoms. The van der Waals surface area contributed by atoms with E-state index >= 15 is 0 Å². The van der Waals surface area contributed by atoms with E-state index in [1.54, 1.807) is 6.33 Å². The van der Waals surface area contributed by atoms with Crippen LogP contribution >= 0.6 is 0 Å². The van der Waals surface area contributed by atoms with Gasteiger partial charge >= 0.3 is 0 Å². The Morgan fingerprint density at radius 3 is 2.59 bits per heavy atom. The van der Waals surface area contributed by atoms with Crippen LogP contribution in [0, 0.1) is 5.92 Å². The van der Waals surface area contributed by atoms with Crippen LogP contribution in [0.3, 0.4) is 0 Å². The maximum absolute atomic E-state index is 12.4. The minimum Gasteiger partial charge on any atom is -0.354 e. The molecule has 0 spiro atoms. The predicted octanol–water partition coefficient (Wildman–Crippen LogP) is 2.21. The molecule has 0 saturated carbocycles. The van der Waals surface area contributed by atoms with Gasteiger partial charge in [0.25, 0.3) is 0 Å². The van der Waals surface area contributed by atoms with E-state index in [4.69, 9.17) is 0 Å². The second kappa shape index (κ2) is 8.05. The van der Waals surface area contributed by atoms with Crippen molar-refractivity contribution in [2.45, 2.75) is 19.8 Å². The fraction of sp³-hybridized carbons (Fsp3) is 0.476. The molecule has 2 aliphatic heterocycles. The third kappa shape index (κ3) is 4.11. The number of anilines is 2. The van der Waals surface area contributed by atoms with Gasteiger partial charge < -0.3 is 9.80 Å². The highest BCUT2D eigenvalue weighted by Gasteiger charge is 2.32. The van der Waals surface area contributed by atoms with Crippen molar-refractivity contribution in [1.29, 1.82) is 0 Å². The van der Waals surface area contributed by atoms with Crippen molar-refractivity contribution in [2.75, 3.05) is 49.1 Å². The van der Waals surface area contributed by atoms with Crippen LogP contribution in [0.4, 0.5) is 11.5 Å². The highest BCUT2D eigenvalue weighted by Crippen LogP contribution is 2.26. The first kappa shape index (κ1) is 17.9. The zero-order valence-electron chi connectivity index (χ0n) is 15.9. The molecule has 2 aliphatic rings. The molecule has 0 N–H and O–H groups in total. The van der Waals surface area contributed by atoms with Gasteiger partial charge in [-0.3, -0.25) is 9.69 Å². The lowest BCUT2D eigenvalue weighted by Crippen LogP contribution is -2.48. The summed E-state index contributed by atoms with van der Waals surface area (Å²) in [6, 6.07) is 12.1. The van der Waals surface area contributed by atoms with Crippen LogP contribution in [-0.4, -0.2) is 60.0 Å². The highest BCUT2D eigenvalue weighted by atomic mass is 16.2. The van der Waals surface area contributed by atoms with Crippen LogP contribution in [-0.2, 0) is 11.2 Å². The molecule has 2 fully saturated rings. The topological polar surface area (TPSA) is 52.6 Å². The number of nitrogens with zero attached hydrogens (tertiary/aromatic N) is 5. The Hall–Kier alpha value is -2.47. The Kier molecular flexibility index (Phi) is 5.34. The maximum atomic E-state index is 12.4. The number of aryl methyl sites for hydroxylation is 1. The zero-order valence-corrected chi connectivity index (χ0v) is 15.9.